The van der Waals surface area contributed by atoms with Gasteiger partial charge in [-0.3, -0.25) is 4.79 Å². The minimum Gasteiger partial charge on any atom is -0.372 e. The number of carbonyl (C=O) groups is 1. The van der Waals surface area contributed by atoms with Gasteiger partial charge in [0, 0.05) is 17.6 Å². The van der Waals surface area contributed by atoms with E-state index < -0.39 is 0 Å². The maximum absolute atomic E-state index is 12.5. The average Bonchev–Trinajstić information content (AvgIpc) is 2.30. The quantitative estimate of drug-likeness (QED) is 0.798. The van der Waals surface area contributed by atoms with Gasteiger partial charge in [-0.15, -0.1) is 0 Å². The summed E-state index contributed by atoms with van der Waals surface area (Å²) < 4.78 is 6.48. The Bertz CT molecular complexity index is 471. The number of aryl methyl sites for hydroxylation is 1. The Morgan fingerprint density at radius 2 is 2.17 bits per heavy atom. The molecular formula is C14H18BrNO2. The number of ether oxygens (including phenoxy) is 1. The monoisotopic (exact) mass is 311 g/mol. The number of morpholine rings is 1. The molecule has 18 heavy (non-hydrogen) atoms. The number of halogens is 1. The van der Waals surface area contributed by atoms with E-state index in [1.165, 1.54) is 0 Å². The van der Waals surface area contributed by atoms with Crippen LogP contribution in [0.15, 0.2) is 22.7 Å². The summed E-state index contributed by atoms with van der Waals surface area (Å²) in [6, 6.07) is 5.84. The molecule has 1 aliphatic rings. The van der Waals surface area contributed by atoms with Crippen molar-refractivity contribution in [2.75, 3.05) is 19.7 Å². The summed E-state index contributed by atoms with van der Waals surface area (Å²) in [4.78, 5) is 14.4. The number of nitrogens with zero attached hydrogens (tertiary/aromatic N) is 1. The lowest BCUT2D eigenvalue weighted by Gasteiger charge is -2.38. The molecule has 0 atom stereocenters. The van der Waals surface area contributed by atoms with Gasteiger partial charge in [0.1, 0.15) is 0 Å². The van der Waals surface area contributed by atoms with E-state index in [9.17, 15) is 4.79 Å². The van der Waals surface area contributed by atoms with Gasteiger partial charge < -0.3 is 9.64 Å². The Labute approximate surface area is 116 Å². The first kappa shape index (κ1) is 13.6. The lowest BCUT2D eigenvalue weighted by atomic mass is 10.1. The molecule has 0 N–H and O–H groups in total. The molecule has 1 fully saturated rings. The second-order valence-corrected chi connectivity index (χ2v) is 6.17. The van der Waals surface area contributed by atoms with Crippen LogP contribution < -0.4 is 0 Å². The molecule has 4 heteroatoms. The summed E-state index contributed by atoms with van der Waals surface area (Å²) >= 11 is 3.45. The van der Waals surface area contributed by atoms with Gasteiger partial charge in [0.25, 0.3) is 5.91 Å². The molecule has 0 aliphatic carbocycles. The zero-order valence-corrected chi connectivity index (χ0v) is 12.6. The summed E-state index contributed by atoms with van der Waals surface area (Å²) in [5.41, 5.74) is 1.56. The van der Waals surface area contributed by atoms with Crippen molar-refractivity contribution in [1.82, 2.24) is 4.90 Å². The fraction of sp³-hybridized carbons (Fsp3) is 0.500. The highest BCUT2D eigenvalue weighted by Gasteiger charge is 2.30. The zero-order valence-electron chi connectivity index (χ0n) is 11.0. The standard InChI is InChI=1S/C14H18BrNO2/c1-10-4-5-12(15)11(8-10)13(17)16-6-7-18-14(2,3)9-16/h4-5,8H,6-7,9H2,1-3H3. The third-order valence-electron chi connectivity index (χ3n) is 3.07. The van der Waals surface area contributed by atoms with E-state index in [1.807, 2.05) is 43.9 Å². The summed E-state index contributed by atoms with van der Waals surface area (Å²) in [6.45, 7) is 7.90. The molecule has 1 saturated heterocycles. The number of benzene rings is 1. The Balaban J connectivity index is 2.23. The maximum Gasteiger partial charge on any atom is 0.255 e. The van der Waals surface area contributed by atoms with Crippen LogP contribution in [0.4, 0.5) is 0 Å². The van der Waals surface area contributed by atoms with Crippen molar-refractivity contribution in [3.8, 4) is 0 Å². The van der Waals surface area contributed by atoms with E-state index in [0.29, 0.717) is 19.7 Å². The molecule has 1 heterocycles. The molecule has 0 aromatic heterocycles. The molecule has 1 amide bonds. The predicted molar refractivity (Wildman–Crippen MR) is 74.8 cm³/mol. The van der Waals surface area contributed by atoms with E-state index in [2.05, 4.69) is 15.9 Å². The molecule has 1 aromatic carbocycles. The first-order chi connectivity index (χ1) is 8.39. The summed E-state index contributed by atoms with van der Waals surface area (Å²) in [5.74, 6) is 0.0713. The highest BCUT2D eigenvalue weighted by atomic mass is 79.9. The molecular weight excluding hydrogens is 294 g/mol. The number of carbonyl (C=O) groups excluding carboxylic acids is 1. The second kappa shape index (κ2) is 5.02. The number of hydrogen-bond donors (Lipinski definition) is 0. The Morgan fingerprint density at radius 1 is 1.44 bits per heavy atom. The van der Waals surface area contributed by atoms with Crippen LogP contribution >= 0.6 is 15.9 Å². The van der Waals surface area contributed by atoms with Crippen LogP contribution in [0.5, 0.6) is 0 Å². The van der Waals surface area contributed by atoms with Crippen LogP contribution in [0.1, 0.15) is 29.8 Å². The molecule has 0 bridgehead atoms. The molecule has 3 nitrogen and oxygen atoms in total. The van der Waals surface area contributed by atoms with Gasteiger partial charge in [0.2, 0.25) is 0 Å². The number of hydrogen-bond acceptors (Lipinski definition) is 2. The van der Waals surface area contributed by atoms with Gasteiger partial charge in [-0.2, -0.15) is 0 Å². The topological polar surface area (TPSA) is 29.5 Å². The molecule has 2 rings (SSSR count). The largest absolute Gasteiger partial charge is 0.372 e. The Morgan fingerprint density at radius 3 is 2.83 bits per heavy atom. The van der Waals surface area contributed by atoms with Crippen molar-refractivity contribution < 1.29 is 9.53 Å². The van der Waals surface area contributed by atoms with Crippen molar-refractivity contribution >= 4 is 21.8 Å². The predicted octanol–water partition coefficient (Wildman–Crippen LogP) is 3.01. The first-order valence-corrected chi connectivity index (χ1v) is 6.88. The molecule has 1 aliphatic heterocycles. The summed E-state index contributed by atoms with van der Waals surface area (Å²) in [7, 11) is 0. The lowest BCUT2D eigenvalue weighted by Crippen LogP contribution is -2.50. The van der Waals surface area contributed by atoms with Crippen LogP contribution in [-0.4, -0.2) is 36.1 Å². The molecule has 0 radical (unpaired) electrons. The smallest absolute Gasteiger partial charge is 0.255 e. The number of rotatable bonds is 1. The lowest BCUT2D eigenvalue weighted by molar-refractivity contribution is -0.0764. The first-order valence-electron chi connectivity index (χ1n) is 6.08. The van der Waals surface area contributed by atoms with Gasteiger partial charge in [0.15, 0.2) is 0 Å². The van der Waals surface area contributed by atoms with E-state index in [1.54, 1.807) is 0 Å². The molecule has 1 aromatic rings. The van der Waals surface area contributed by atoms with E-state index in [-0.39, 0.29) is 11.5 Å². The third kappa shape index (κ3) is 2.93. The summed E-state index contributed by atoms with van der Waals surface area (Å²) in [6.07, 6.45) is 0. The SMILES string of the molecule is Cc1ccc(Br)c(C(=O)N2CCOC(C)(C)C2)c1. The van der Waals surface area contributed by atoms with Crippen LogP contribution in [0.3, 0.4) is 0 Å². The average molecular weight is 312 g/mol. The van der Waals surface area contributed by atoms with Gasteiger partial charge in [-0.25, -0.2) is 0 Å². The minimum atomic E-state index is -0.260. The molecule has 0 unspecified atom stereocenters. The van der Waals surface area contributed by atoms with Crippen molar-refractivity contribution in [1.29, 1.82) is 0 Å². The molecule has 0 saturated carbocycles. The van der Waals surface area contributed by atoms with E-state index in [4.69, 9.17) is 4.74 Å². The maximum atomic E-state index is 12.5. The molecule has 0 spiro atoms. The van der Waals surface area contributed by atoms with Crippen molar-refractivity contribution in [2.24, 2.45) is 0 Å². The fourth-order valence-electron chi connectivity index (χ4n) is 2.16. The van der Waals surface area contributed by atoms with Crippen LogP contribution in [0.25, 0.3) is 0 Å². The normalized spacial score (nSPS) is 18.8. The highest BCUT2D eigenvalue weighted by molar-refractivity contribution is 9.10. The fourth-order valence-corrected chi connectivity index (χ4v) is 2.58. The van der Waals surface area contributed by atoms with Crippen LogP contribution in [0, 0.1) is 6.92 Å². The second-order valence-electron chi connectivity index (χ2n) is 5.32. The Kier molecular flexibility index (Phi) is 3.78. The minimum absolute atomic E-state index is 0.0713. The molecule has 98 valence electrons. The van der Waals surface area contributed by atoms with E-state index >= 15 is 0 Å². The van der Waals surface area contributed by atoms with Gasteiger partial charge in [0.05, 0.1) is 17.8 Å². The van der Waals surface area contributed by atoms with Crippen molar-refractivity contribution in [2.45, 2.75) is 26.4 Å². The number of amides is 1. The summed E-state index contributed by atoms with van der Waals surface area (Å²) in [5, 5.41) is 0. The van der Waals surface area contributed by atoms with Crippen molar-refractivity contribution in [3.05, 3.63) is 33.8 Å². The third-order valence-corrected chi connectivity index (χ3v) is 3.76. The van der Waals surface area contributed by atoms with Crippen LogP contribution in [-0.2, 0) is 4.74 Å². The van der Waals surface area contributed by atoms with Gasteiger partial charge in [-0.05, 0) is 48.8 Å². The van der Waals surface area contributed by atoms with Gasteiger partial charge in [-0.1, -0.05) is 11.6 Å². The zero-order chi connectivity index (χ0) is 13.3. The van der Waals surface area contributed by atoms with E-state index in [0.717, 1.165) is 15.6 Å². The highest BCUT2D eigenvalue weighted by Crippen LogP contribution is 2.23. The Hall–Kier alpha value is -0.870. The van der Waals surface area contributed by atoms with Crippen molar-refractivity contribution in [3.63, 3.8) is 0 Å². The van der Waals surface area contributed by atoms with Gasteiger partial charge >= 0.3 is 0 Å². The van der Waals surface area contributed by atoms with Crippen LogP contribution in [0.2, 0.25) is 0 Å².